The van der Waals surface area contributed by atoms with E-state index in [0.29, 0.717) is 18.2 Å². The maximum atomic E-state index is 5.67. The third-order valence-electron chi connectivity index (χ3n) is 2.15. The van der Waals surface area contributed by atoms with Crippen LogP contribution in [0.1, 0.15) is 12.6 Å². The average molecular weight is 238 g/mol. The van der Waals surface area contributed by atoms with E-state index < -0.39 is 0 Å². The second-order valence-electron chi connectivity index (χ2n) is 3.25. The van der Waals surface area contributed by atoms with Gasteiger partial charge >= 0.3 is 0 Å². The van der Waals surface area contributed by atoms with Crippen molar-refractivity contribution in [3.05, 3.63) is 36.0 Å². The van der Waals surface area contributed by atoms with Gasteiger partial charge in [0.05, 0.1) is 23.7 Å². The fourth-order valence-corrected chi connectivity index (χ4v) is 1.58. The Morgan fingerprint density at radius 2 is 2.19 bits per heavy atom. The van der Waals surface area contributed by atoms with Gasteiger partial charge in [-0.05, 0) is 19.1 Å². The highest BCUT2D eigenvalue weighted by Crippen LogP contribution is 2.30. The summed E-state index contributed by atoms with van der Waals surface area (Å²) in [5.41, 5.74) is 1.62. The van der Waals surface area contributed by atoms with E-state index in [-0.39, 0.29) is 0 Å². The Balaban J connectivity index is 2.38. The molecule has 84 valence electrons. The van der Waals surface area contributed by atoms with Crippen LogP contribution in [0.5, 0.6) is 5.75 Å². The molecular weight excluding hydrogens is 226 g/mol. The van der Waals surface area contributed by atoms with Crippen LogP contribution >= 0.6 is 11.6 Å². The summed E-state index contributed by atoms with van der Waals surface area (Å²) in [6, 6.07) is 9.52. The molecular formula is C12H12ClNO2. The Morgan fingerprint density at radius 1 is 1.38 bits per heavy atom. The van der Waals surface area contributed by atoms with Crippen LogP contribution in [0.3, 0.4) is 0 Å². The smallest absolute Gasteiger partial charge is 0.170 e. The minimum atomic E-state index is 0.348. The SMILES string of the molecule is CCOc1ccccc1-c1cc(CCl)no1. The summed E-state index contributed by atoms with van der Waals surface area (Å²) in [4.78, 5) is 0. The van der Waals surface area contributed by atoms with Crippen LogP contribution in [0.15, 0.2) is 34.9 Å². The van der Waals surface area contributed by atoms with E-state index in [1.165, 1.54) is 0 Å². The Kier molecular flexibility index (Phi) is 3.47. The maximum absolute atomic E-state index is 5.67. The average Bonchev–Trinajstić information content (AvgIpc) is 2.79. The molecule has 0 unspecified atom stereocenters. The molecule has 1 aromatic heterocycles. The molecule has 2 aromatic rings. The van der Waals surface area contributed by atoms with Crippen LogP contribution in [-0.4, -0.2) is 11.8 Å². The normalized spacial score (nSPS) is 10.4. The number of para-hydroxylation sites is 1. The topological polar surface area (TPSA) is 35.3 Å². The number of nitrogens with zero attached hydrogens (tertiary/aromatic N) is 1. The molecule has 2 rings (SSSR count). The highest BCUT2D eigenvalue weighted by molar-refractivity contribution is 6.16. The summed E-state index contributed by atoms with van der Waals surface area (Å²) >= 11 is 5.67. The number of ether oxygens (including phenoxy) is 1. The van der Waals surface area contributed by atoms with E-state index >= 15 is 0 Å². The summed E-state index contributed by atoms with van der Waals surface area (Å²) < 4.78 is 10.7. The molecule has 0 saturated carbocycles. The molecule has 0 N–H and O–H groups in total. The fourth-order valence-electron chi connectivity index (χ4n) is 1.45. The first-order valence-electron chi connectivity index (χ1n) is 5.09. The standard InChI is InChI=1S/C12H12ClNO2/c1-2-15-11-6-4-3-5-10(11)12-7-9(8-13)14-16-12/h3-7H,2,8H2,1H3. The van der Waals surface area contributed by atoms with Crippen molar-refractivity contribution < 1.29 is 9.26 Å². The summed E-state index contributed by atoms with van der Waals surface area (Å²) in [6.07, 6.45) is 0. The summed E-state index contributed by atoms with van der Waals surface area (Å²) in [5.74, 6) is 1.82. The molecule has 0 amide bonds. The van der Waals surface area contributed by atoms with Crippen molar-refractivity contribution in [2.75, 3.05) is 6.61 Å². The molecule has 16 heavy (non-hydrogen) atoms. The van der Waals surface area contributed by atoms with Gasteiger partial charge in [-0.2, -0.15) is 0 Å². The highest BCUT2D eigenvalue weighted by Gasteiger charge is 2.10. The van der Waals surface area contributed by atoms with Gasteiger partial charge in [0, 0.05) is 6.07 Å². The molecule has 0 aliphatic rings. The second kappa shape index (κ2) is 5.03. The van der Waals surface area contributed by atoms with Crippen molar-refractivity contribution in [1.82, 2.24) is 5.16 Å². The second-order valence-corrected chi connectivity index (χ2v) is 3.51. The van der Waals surface area contributed by atoms with Gasteiger partial charge in [-0.1, -0.05) is 17.3 Å². The minimum absolute atomic E-state index is 0.348. The van der Waals surface area contributed by atoms with Gasteiger partial charge in [0.2, 0.25) is 0 Å². The molecule has 0 atom stereocenters. The van der Waals surface area contributed by atoms with Crippen molar-refractivity contribution in [1.29, 1.82) is 0 Å². The summed E-state index contributed by atoms with van der Waals surface area (Å²) in [5, 5.41) is 3.85. The molecule has 0 bridgehead atoms. The zero-order valence-corrected chi connectivity index (χ0v) is 9.70. The molecule has 1 heterocycles. The Morgan fingerprint density at radius 3 is 2.88 bits per heavy atom. The van der Waals surface area contributed by atoms with E-state index in [9.17, 15) is 0 Å². The molecule has 1 aromatic carbocycles. The van der Waals surface area contributed by atoms with Gasteiger partial charge in [-0.15, -0.1) is 11.6 Å². The minimum Gasteiger partial charge on any atom is -0.493 e. The first-order valence-corrected chi connectivity index (χ1v) is 5.62. The monoisotopic (exact) mass is 237 g/mol. The third kappa shape index (κ3) is 2.19. The van der Waals surface area contributed by atoms with E-state index in [1.807, 2.05) is 37.3 Å². The first-order chi connectivity index (χ1) is 7.85. The highest BCUT2D eigenvalue weighted by atomic mass is 35.5. The van der Waals surface area contributed by atoms with Gasteiger partial charge in [-0.3, -0.25) is 0 Å². The van der Waals surface area contributed by atoms with E-state index in [2.05, 4.69) is 5.16 Å². The zero-order chi connectivity index (χ0) is 11.4. The van der Waals surface area contributed by atoms with Crippen LogP contribution in [0.25, 0.3) is 11.3 Å². The van der Waals surface area contributed by atoms with Gasteiger partial charge in [0.15, 0.2) is 5.76 Å². The predicted molar refractivity (Wildman–Crippen MR) is 62.7 cm³/mol. The molecule has 0 fully saturated rings. The van der Waals surface area contributed by atoms with Gasteiger partial charge in [0.25, 0.3) is 0 Å². The zero-order valence-electron chi connectivity index (χ0n) is 8.94. The number of rotatable bonds is 4. The van der Waals surface area contributed by atoms with Crippen molar-refractivity contribution in [2.45, 2.75) is 12.8 Å². The molecule has 3 nitrogen and oxygen atoms in total. The molecule has 0 saturated heterocycles. The largest absolute Gasteiger partial charge is 0.493 e. The van der Waals surface area contributed by atoms with Crippen molar-refractivity contribution >= 4 is 11.6 Å². The third-order valence-corrected chi connectivity index (χ3v) is 2.42. The number of halogens is 1. The number of hydrogen-bond acceptors (Lipinski definition) is 3. The van der Waals surface area contributed by atoms with E-state index in [0.717, 1.165) is 17.0 Å². The lowest BCUT2D eigenvalue weighted by atomic mass is 10.1. The summed E-state index contributed by atoms with van der Waals surface area (Å²) in [6.45, 7) is 2.56. The molecule has 4 heteroatoms. The van der Waals surface area contributed by atoms with Crippen LogP contribution in [0, 0.1) is 0 Å². The quantitative estimate of drug-likeness (QED) is 0.764. The molecule has 0 aliphatic carbocycles. The van der Waals surface area contributed by atoms with Crippen LogP contribution in [-0.2, 0) is 5.88 Å². The first kappa shape index (κ1) is 11.0. The molecule has 0 radical (unpaired) electrons. The summed E-state index contributed by atoms with van der Waals surface area (Å²) in [7, 11) is 0. The van der Waals surface area contributed by atoms with Crippen LogP contribution in [0.4, 0.5) is 0 Å². The van der Waals surface area contributed by atoms with E-state index in [1.54, 1.807) is 0 Å². The van der Waals surface area contributed by atoms with Crippen LogP contribution in [0.2, 0.25) is 0 Å². The Bertz CT molecular complexity index is 468. The Hall–Kier alpha value is -1.48. The van der Waals surface area contributed by atoms with Crippen LogP contribution < -0.4 is 4.74 Å². The van der Waals surface area contributed by atoms with E-state index in [4.69, 9.17) is 20.9 Å². The Labute approximate surface area is 99.0 Å². The number of benzene rings is 1. The van der Waals surface area contributed by atoms with Crippen molar-refractivity contribution in [3.63, 3.8) is 0 Å². The van der Waals surface area contributed by atoms with Gasteiger partial charge < -0.3 is 9.26 Å². The lowest BCUT2D eigenvalue weighted by Gasteiger charge is -2.06. The number of alkyl halides is 1. The lowest BCUT2D eigenvalue weighted by Crippen LogP contribution is -1.93. The maximum Gasteiger partial charge on any atom is 0.170 e. The number of hydrogen-bond donors (Lipinski definition) is 0. The predicted octanol–water partition coefficient (Wildman–Crippen LogP) is 3.48. The van der Waals surface area contributed by atoms with Crippen molar-refractivity contribution in [2.24, 2.45) is 0 Å². The number of aromatic nitrogens is 1. The van der Waals surface area contributed by atoms with Crippen molar-refractivity contribution in [3.8, 4) is 17.1 Å². The van der Waals surface area contributed by atoms with Gasteiger partial charge in [0.1, 0.15) is 5.75 Å². The fraction of sp³-hybridized carbons (Fsp3) is 0.250. The molecule has 0 spiro atoms. The van der Waals surface area contributed by atoms with Gasteiger partial charge in [-0.25, -0.2) is 0 Å². The molecule has 0 aliphatic heterocycles. The lowest BCUT2D eigenvalue weighted by molar-refractivity contribution is 0.339.